The first-order chi connectivity index (χ1) is 10.1. The van der Waals surface area contributed by atoms with Crippen molar-refractivity contribution in [2.24, 2.45) is 5.84 Å². The monoisotopic (exact) mass is 286 g/mol. The van der Waals surface area contributed by atoms with Crippen LogP contribution in [0.3, 0.4) is 0 Å². The molecule has 0 aliphatic heterocycles. The molecule has 0 spiro atoms. The number of nitrogens with two attached hydrogens (primary N) is 1. The molecule has 3 heteroatoms. The Balaban J connectivity index is 1.99. The largest absolute Gasteiger partial charge is 0.271 e. The Morgan fingerprint density at radius 1 is 1.05 bits per heavy atom. The van der Waals surface area contributed by atoms with Crippen molar-refractivity contribution >= 4 is 0 Å². The number of benzene rings is 2. The van der Waals surface area contributed by atoms with Crippen molar-refractivity contribution in [3.63, 3.8) is 0 Å². The van der Waals surface area contributed by atoms with Gasteiger partial charge in [-0.05, 0) is 67.5 Å². The third-order valence-corrected chi connectivity index (χ3v) is 4.03. The molecule has 2 aromatic carbocycles. The van der Waals surface area contributed by atoms with Gasteiger partial charge in [0.15, 0.2) is 0 Å². The van der Waals surface area contributed by atoms with E-state index < -0.39 is 0 Å². The minimum atomic E-state index is -0.187. The van der Waals surface area contributed by atoms with Gasteiger partial charge in [-0.25, -0.2) is 4.39 Å². The molecule has 0 heterocycles. The van der Waals surface area contributed by atoms with Crippen LogP contribution < -0.4 is 11.3 Å². The summed E-state index contributed by atoms with van der Waals surface area (Å²) in [7, 11) is 0. The lowest BCUT2D eigenvalue weighted by atomic mass is 9.95. The molecule has 0 radical (unpaired) electrons. The highest BCUT2D eigenvalue weighted by molar-refractivity contribution is 5.28. The molecule has 2 rings (SSSR count). The Hall–Kier alpha value is -1.71. The third-order valence-electron chi connectivity index (χ3n) is 4.03. The summed E-state index contributed by atoms with van der Waals surface area (Å²) in [5.74, 6) is 5.49. The number of halogens is 1. The zero-order valence-corrected chi connectivity index (χ0v) is 12.7. The summed E-state index contributed by atoms with van der Waals surface area (Å²) in [5, 5.41) is 0. The minimum absolute atomic E-state index is 0.187. The summed E-state index contributed by atoms with van der Waals surface area (Å²) >= 11 is 0. The van der Waals surface area contributed by atoms with Gasteiger partial charge in [0.05, 0.1) is 0 Å². The molecule has 0 bridgehead atoms. The number of hydrogen-bond acceptors (Lipinski definition) is 2. The molecule has 1 unspecified atom stereocenters. The van der Waals surface area contributed by atoms with Crippen molar-refractivity contribution < 1.29 is 4.39 Å². The maximum Gasteiger partial charge on any atom is 0.123 e. The summed E-state index contributed by atoms with van der Waals surface area (Å²) in [4.78, 5) is 0. The summed E-state index contributed by atoms with van der Waals surface area (Å²) in [6.07, 6.45) is 2.76. The molecule has 0 amide bonds. The first-order valence-corrected chi connectivity index (χ1v) is 7.36. The molecule has 0 aromatic heterocycles. The Kier molecular flexibility index (Phi) is 5.48. The molecule has 21 heavy (non-hydrogen) atoms. The van der Waals surface area contributed by atoms with Crippen LogP contribution in [0.5, 0.6) is 0 Å². The summed E-state index contributed by atoms with van der Waals surface area (Å²) in [6.45, 7) is 4.07. The maximum atomic E-state index is 13.1. The highest BCUT2D eigenvalue weighted by atomic mass is 19.1. The Morgan fingerprint density at radius 2 is 1.81 bits per heavy atom. The number of nitrogens with one attached hydrogen (secondary N) is 1. The van der Waals surface area contributed by atoms with Gasteiger partial charge in [-0.15, -0.1) is 0 Å². The predicted octanol–water partition coefficient (Wildman–Crippen LogP) is 3.45. The average molecular weight is 286 g/mol. The van der Waals surface area contributed by atoms with E-state index >= 15 is 0 Å². The van der Waals surface area contributed by atoms with Crippen LogP contribution in [0.15, 0.2) is 42.5 Å². The molecule has 112 valence electrons. The van der Waals surface area contributed by atoms with Gasteiger partial charge in [0.25, 0.3) is 0 Å². The topological polar surface area (TPSA) is 38.0 Å². The second-order valence-corrected chi connectivity index (χ2v) is 5.60. The van der Waals surface area contributed by atoms with Gasteiger partial charge in [0, 0.05) is 6.04 Å². The van der Waals surface area contributed by atoms with Gasteiger partial charge >= 0.3 is 0 Å². The van der Waals surface area contributed by atoms with Crippen molar-refractivity contribution in [3.05, 3.63) is 70.5 Å². The van der Waals surface area contributed by atoms with Crippen molar-refractivity contribution in [1.29, 1.82) is 0 Å². The molecule has 1 atom stereocenters. The molecular formula is C18H23FN2. The van der Waals surface area contributed by atoms with Crippen LogP contribution in [-0.4, -0.2) is 6.04 Å². The normalized spacial score (nSPS) is 12.4. The van der Waals surface area contributed by atoms with Crippen molar-refractivity contribution in [2.75, 3.05) is 0 Å². The van der Waals surface area contributed by atoms with Crippen LogP contribution in [0.25, 0.3) is 0 Å². The first-order valence-electron chi connectivity index (χ1n) is 7.36. The molecule has 0 saturated carbocycles. The van der Waals surface area contributed by atoms with Gasteiger partial charge in [-0.1, -0.05) is 30.3 Å². The van der Waals surface area contributed by atoms with E-state index in [-0.39, 0.29) is 11.9 Å². The molecule has 0 aliphatic rings. The van der Waals surface area contributed by atoms with Crippen LogP contribution in [0, 0.1) is 19.7 Å². The lowest BCUT2D eigenvalue weighted by Crippen LogP contribution is -2.37. The highest BCUT2D eigenvalue weighted by Gasteiger charge is 2.11. The zero-order chi connectivity index (χ0) is 15.2. The van der Waals surface area contributed by atoms with E-state index in [2.05, 4.69) is 36.6 Å². The van der Waals surface area contributed by atoms with Gasteiger partial charge in [-0.2, -0.15) is 0 Å². The lowest BCUT2D eigenvalue weighted by Gasteiger charge is -2.18. The molecular weight excluding hydrogens is 263 g/mol. The SMILES string of the molecule is Cc1ccccc1CCC(Cc1ccc(F)cc1C)NN. The van der Waals surface area contributed by atoms with E-state index in [1.807, 2.05) is 13.0 Å². The van der Waals surface area contributed by atoms with Gasteiger partial charge in [0.1, 0.15) is 5.82 Å². The van der Waals surface area contributed by atoms with Crippen LogP contribution in [0.1, 0.15) is 28.7 Å². The number of hydrazine groups is 1. The molecule has 2 aromatic rings. The summed E-state index contributed by atoms with van der Waals surface area (Å²) in [6, 6.07) is 13.5. The van der Waals surface area contributed by atoms with Gasteiger partial charge < -0.3 is 0 Å². The van der Waals surface area contributed by atoms with Gasteiger partial charge in [0.2, 0.25) is 0 Å². The second kappa shape index (κ2) is 7.34. The van der Waals surface area contributed by atoms with Crippen LogP contribution in [-0.2, 0) is 12.8 Å². The first kappa shape index (κ1) is 15.7. The van der Waals surface area contributed by atoms with E-state index in [1.165, 1.54) is 17.2 Å². The summed E-state index contributed by atoms with van der Waals surface area (Å²) in [5.41, 5.74) is 7.68. The van der Waals surface area contributed by atoms with Crippen molar-refractivity contribution in [2.45, 2.75) is 39.2 Å². The molecule has 0 aliphatic carbocycles. The molecule has 0 saturated heterocycles. The standard InChI is InChI=1S/C18H23FN2/c1-13-5-3-4-6-15(13)8-10-18(21-20)12-16-7-9-17(19)11-14(16)2/h3-7,9,11,18,21H,8,10,12,20H2,1-2H3. The number of rotatable bonds is 6. The van der Waals surface area contributed by atoms with Crippen LogP contribution in [0.2, 0.25) is 0 Å². The molecule has 2 nitrogen and oxygen atoms in total. The minimum Gasteiger partial charge on any atom is -0.271 e. The number of hydrogen-bond donors (Lipinski definition) is 2. The smallest absolute Gasteiger partial charge is 0.123 e. The Bertz CT molecular complexity index is 596. The lowest BCUT2D eigenvalue weighted by molar-refractivity contribution is 0.490. The van der Waals surface area contributed by atoms with Crippen LogP contribution in [0.4, 0.5) is 4.39 Å². The fraction of sp³-hybridized carbons (Fsp3) is 0.333. The molecule has 0 fully saturated rings. The quantitative estimate of drug-likeness (QED) is 0.630. The summed E-state index contributed by atoms with van der Waals surface area (Å²) < 4.78 is 13.1. The van der Waals surface area contributed by atoms with Crippen molar-refractivity contribution in [1.82, 2.24) is 5.43 Å². The maximum absolute atomic E-state index is 13.1. The predicted molar refractivity (Wildman–Crippen MR) is 85.5 cm³/mol. The van der Waals surface area contributed by atoms with E-state index in [0.717, 1.165) is 30.4 Å². The van der Waals surface area contributed by atoms with E-state index in [9.17, 15) is 4.39 Å². The van der Waals surface area contributed by atoms with Crippen LogP contribution >= 0.6 is 0 Å². The average Bonchev–Trinajstić information content (AvgIpc) is 2.47. The third kappa shape index (κ3) is 4.38. The fourth-order valence-electron chi connectivity index (χ4n) is 2.62. The Labute approximate surface area is 126 Å². The molecule has 3 N–H and O–H groups in total. The zero-order valence-electron chi connectivity index (χ0n) is 12.7. The van der Waals surface area contributed by atoms with E-state index in [0.29, 0.717) is 0 Å². The second-order valence-electron chi connectivity index (χ2n) is 5.60. The highest BCUT2D eigenvalue weighted by Crippen LogP contribution is 2.16. The van der Waals surface area contributed by atoms with Gasteiger partial charge in [-0.3, -0.25) is 11.3 Å². The fourth-order valence-corrected chi connectivity index (χ4v) is 2.62. The van der Waals surface area contributed by atoms with E-state index in [1.54, 1.807) is 6.07 Å². The number of aryl methyl sites for hydroxylation is 3. The Morgan fingerprint density at radius 3 is 2.48 bits per heavy atom. The van der Waals surface area contributed by atoms with Crippen molar-refractivity contribution in [3.8, 4) is 0 Å². The van der Waals surface area contributed by atoms with E-state index in [4.69, 9.17) is 5.84 Å².